The van der Waals surface area contributed by atoms with Gasteiger partial charge >= 0.3 is 0 Å². The van der Waals surface area contributed by atoms with Gasteiger partial charge in [-0.1, -0.05) is 17.9 Å². The van der Waals surface area contributed by atoms with Crippen LogP contribution in [-0.2, 0) is 0 Å². The number of piperazine rings is 1. The van der Waals surface area contributed by atoms with Crippen LogP contribution in [0, 0.1) is 18.8 Å². The van der Waals surface area contributed by atoms with Gasteiger partial charge < -0.3 is 14.9 Å². The van der Waals surface area contributed by atoms with E-state index in [9.17, 15) is 4.79 Å². The average Bonchev–Trinajstić information content (AvgIpc) is 2.49. The first-order valence-corrected chi connectivity index (χ1v) is 7.30. The molecule has 112 valence electrons. The molecular weight excluding hydrogens is 264 g/mol. The van der Waals surface area contributed by atoms with E-state index in [0.29, 0.717) is 6.42 Å². The van der Waals surface area contributed by atoms with Crippen molar-refractivity contribution in [2.45, 2.75) is 13.3 Å². The van der Waals surface area contributed by atoms with Gasteiger partial charge in [0.2, 0.25) is 0 Å². The standard InChI is InChI=1S/C17H22N2O2/c1-14-6-7-15(5-3-4-12-20)13-16(14)17(21)19-10-8-18(2)9-11-19/h6-7,13,20H,4,8-12H2,1-2H3. The fourth-order valence-electron chi connectivity index (χ4n) is 2.33. The number of aryl methyl sites for hydroxylation is 1. The smallest absolute Gasteiger partial charge is 0.254 e. The first kappa shape index (κ1) is 15.6. The van der Waals surface area contributed by atoms with E-state index in [2.05, 4.69) is 23.8 Å². The molecular formula is C17H22N2O2. The average molecular weight is 286 g/mol. The van der Waals surface area contributed by atoms with Crippen molar-refractivity contribution in [1.29, 1.82) is 0 Å². The zero-order valence-corrected chi connectivity index (χ0v) is 12.7. The van der Waals surface area contributed by atoms with Gasteiger partial charge in [0.1, 0.15) is 0 Å². The summed E-state index contributed by atoms with van der Waals surface area (Å²) in [4.78, 5) is 16.8. The van der Waals surface area contributed by atoms with Crippen LogP contribution >= 0.6 is 0 Å². The number of rotatable bonds is 2. The molecule has 0 atom stereocenters. The van der Waals surface area contributed by atoms with Crippen LogP contribution in [0.15, 0.2) is 18.2 Å². The van der Waals surface area contributed by atoms with E-state index in [4.69, 9.17) is 5.11 Å². The number of carbonyl (C=O) groups excluding carboxylic acids is 1. The van der Waals surface area contributed by atoms with Gasteiger partial charge in [-0.05, 0) is 31.7 Å². The van der Waals surface area contributed by atoms with Crippen LogP contribution in [0.1, 0.15) is 27.9 Å². The van der Waals surface area contributed by atoms with Crippen molar-refractivity contribution in [3.63, 3.8) is 0 Å². The molecule has 1 N–H and O–H groups in total. The number of hydrogen-bond acceptors (Lipinski definition) is 3. The van der Waals surface area contributed by atoms with Gasteiger partial charge in [0.05, 0.1) is 6.61 Å². The molecule has 1 fully saturated rings. The highest BCUT2D eigenvalue weighted by Gasteiger charge is 2.21. The molecule has 2 rings (SSSR count). The molecule has 0 radical (unpaired) electrons. The number of aliphatic hydroxyl groups excluding tert-OH is 1. The molecule has 4 heteroatoms. The SMILES string of the molecule is Cc1ccc(C#CCCO)cc1C(=O)N1CCN(C)CC1. The topological polar surface area (TPSA) is 43.8 Å². The summed E-state index contributed by atoms with van der Waals surface area (Å²) in [5.74, 6) is 5.97. The Balaban J connectivity index is 2.16. The van der Waals surface area contributed by atoms with Gasteiger partial charge in [0, 0.05) is 43.7 Å². The molecule has 1 heterocycles. The third kappa shape index (κ3) is 4.07. The number of benzene rings is 1. The van der Waals surface area contributed by atoms with Gasteiger partial charge in [-0.15, -0.1) is 0 Å². The van der Waals surface area contributed by atoms with Gasteiger partial charge in [-0.2, -0.15) is 0 Å². The predicted octanol–water partition coefficient (Wildman–Crippen LogP) is 1.12. The summed E-state index contributed by atoms with van der Waals surface area (Å²) in [5.41, 5.74) is 2.54. The molecule has 0 spiro atoms. The first-order chi connectivity index (χ1) is 10.1. The van der Waals surface area contributed by atoms with Crippen LogP contribution in [0.25, 0.3) is 0 Å². The van der Waals surface area contributed by atoms with Crippen LogP contribution in [0.2, 0.25) is 0 Å². The van der Waals surface area contributed by atoms with E-state index in [1.54, 1.807) is 0 Å². The Bertz CT molecular complexity index is 564. The van der Waals surface area contributed by atoms with Crippen molar-refractivity contribution in [3.05, 3.63) is 34.9 Å². The van der Waals surface area contributed by atoms with Crippen LogP contribution in [0.5, 0.6) is 0 Å². The van der Waals surface area contributed by atoms with Crippen molar-refractivity contribution >= 4 is 5.91 Å². The summed E-state index contributed by atoms with van der Waals surface area (Å²) in [5, 5.41) is 8.76. The minimum atomic E-state index is 0.0615. The Morgan fingerprint density at radius 2 is 2.00 bits per heavy atom. The Kier molecular flexibility index (Phi) is 5.38. The molecule has 0 aromatic heterocycles. The van der Waals surface area contributed by atoms with E-state index in [0.717, 1.165) is 42.9 Å². The Morgan fingerprint density at radius 3 is 2.67 bits per heavy atom. The third-order valence-electron chi connectivity index (χ3n) is 3.73. The molecule has 0 unspecified atom stereocenters. The fourth-order valence-corrected chi connectivity index (χ4v) is 2.33. The molecule has 1 aliphatic heterocycles. The third-order valence-corrected chi connectivity index (χ3v) is 3.73. The summed E-state index contributed by atoms with van der Waals surface area (Å²) < 4.78 is 0. The largest absolute Gasteiger partial charge is 0.395 e. The lowest BCUT2D eigenvalue weighted by molar-refractivity contribution is 0.0663. The quantitative estimate of drug-likeness (QED) is 0.829. The molecule has 0 aliphatic carbocycles. The number of amides is 1. The minimum absolute atomic E-state index is 0.0615. The minimum Gasteiger partial charge on any atom is -0.395 e. The summed E-state index contributed by atoms with van der Waals surface area (Å²) in [7, 11) is 2.07. The molecule has 1 saturated heterocycles. The molecule has 1 aromatic rings. The number of aliphatic hydroxyl groups is 1. The second kappa shape index (κ2) is 7.26. The Morgan fingerprint density at radius 1 is 1.29 bits per heavy atom. The van der Waals surface area contributed by atoms with E-state index < -0.39 is 0 Å². The maximum Gasteiger partial charge on any atom is 0.254 e. The maximum absolute atomic E-state index is 12.6. The van der Waals surface area contributed by atoms with Crippen LogP contribution in [-0.4, -0.2) is 60.6 Å². The zero-order chi connectivity index (χ0) is 15.2. The number of likely N-dealkylation sites (N-methyl/N-ethyl adjacent to an activating group) is 1. The Hall–Kier alpha value is -1.83. The molecule has 1 amide bonds. The second-order valence-electron chi connectivity index (χ2n) is 5.40. The van der Waals surface area contributed by atoms with E-state index in [1.165, 1.54) is 0 Å². The predicted molar refractivity (Wildman–Crippen MR) is 83.2 cm³/mol. The van der Waals surface area contributed by atoms with E-state index in [-0.39, 0.29) is 12.5 Å². The summed E-state index contributed by atoms with van der Waals surface area (Å²) in [6.07, 6.45) is 0.454. The lowest BCUT2D eigenvalue weighted by Crippen LogP contribution is -2.47. The van der Waals surface area contributed by atoms with Crippen LogP contribution in [0.4, 0.5) is 0 Å². The van der Waals surface area contributed by atoms with Crippen LogP contribution in [0.3, 0.4) is 0 Å². The summed E-state index contributed by atoms with van der Waals surface area (Å²) >= 11 is 0. The molecule has 0 bridgehead atoms. The highest BCUT2D eigenvalue weighted by molar-refractivity contribution is 5.96. The molecule has 1 aliphatic rings. The fraction of sp³-hybridized carbons (Fsp3) is 0.471. The molecule has 21 heavy (non-hydrogen) atoms. The maximum atomic E-state index is 12.6. The van der Waals surface area contributed by atoms with Gasteiger partial charge in [0.25, 0.3) is 5.91 Å². The summed E-state index contributed by atoms with van der Waals surface area (Å²) in [6, 6.07) is 5.72. The number of hydrogen-bond donors (Lipinski definition) is 1. The second-order valence-corrected chi connectivity index (χ2v) is 5.40. The monoisotopic (exact) mass is 286 g/mol. The Labute approximate surface area is 126 Å². The molecule has 4 nitrogen and oxygen atoms in total. The van der Waals surface area contributed by atoms with Gasteiger partial charge in [0.15, 0.2) is 0 Å². The number of carbonyl (C=O) groups is 1. The van der Waals surface area contributed by atoms with Gasteiger partial charge in [-0.25, -0.2) is 0 Å². The lowest BCUT2D eigenvalue weighted by Gasteiger charge is -2.32. The van der Waals surface area contributed by atoms with Crippen molar-refractivity contribution in [1.82, 2.24) is 9.80 Å². The highest BCUT2D eigenvalue weighted by atomic mass is 16.2. The normalized spacial score (nSPS) is 15.5. The van der Waals surface area contributed by atoms with Gasteiger partial charge in [-0.3, -0.25) is 4.79 Å². The van der Waals surface area contributed by atoms with Crippen molar-refractivity contribution in [2.75, 3.05) is 39.8 Å². The first-order valence-electron chi connectivity index (χ1n) is 7.30. The molecule has 0 saturated carbocycles. The van der Waals surface area contributed by atoms with Crippen molar-refractivity contribution in [2.24, 2.45) is 0 Å². The number of nitrogens with zero attached hydrogens (tertiary/aromatic N) is 2. The zero-order valence-electron chi connectivity index (χ0n) is 12.7. The van der Waals surface area contributed by atoms with Crippen molar-refractivity contribution < 1.29 is 9.90 Å². The summed E-state index contributed by atoms with van der Waals surface area (Å²) in [6.45, 7) is 5.39. The van der Waals surface area contributed by atoms with E-state index in [1.807, 2.05) is 30.0 Å². The van der Waals surface area contributed by atoms with E-state index >= 15 is 0 Å². The molecule has 1 aromatic carbocycles. The lowest BCUT2D eigenvalue weighted by atomic mass is 10.0. The highest BCUT2D eigenvalue weighted by Crippen LogP contribution is 2.15. The van der Waals surface area contributed by atoms with Crippen LogP contribution < -0.4 is 0 Å². The van der Waals surface area contributed by atoms with Crippen molar-refractivity contribution in [3.8, 4) is 11.8 Å².